The second-order valence-electron chi connectivity index (χ2n) is 2.77. The second kappa shape index (κ2) is 3.96. The number of rotatable bonds is 2. The van der Waals surface area contributed by atoms with Crippen LogP contribution in [0.3, 0.4) is 0 Å². The number of benzene rings is 1. The largest absolute Gasteiger partial charge is 0.507 e. The van der Waals surface area contributed by atoms with E-state index < -0.39 is 21.8 Å². The van der Waals surface area contributed by atoms with Crippen LogP contribution in [0.2, 0.25) is 0 Å². The SMILES string of the molecule is Oc1cc(S)ccc1C(F)(F)C(F)(Cl)Cl. The van der Waals surface area contributed by atoms with Crippen molar-refractivity contribution in [1.82, 2.24) is 0 Å². The lowest BCUT2D eigenvalue weighted by Crippen LogP contribution is -2.31. The molecule has 84 valence electrons. The van der Waals surface area contributed by atoms with Crippen molar-refractivity contribution in [2.24, 2.45) is 0 Å². The third-order valence-corrected chi connectivity index (χ3v) is 2.43. The van der Waals surface area contributed by atoms with Gasteiger partial charge in [-0.15, -0.1) is 12.6 Å². The average Bonchev–Trinajstić information content (AvgIpc) is 2.00. The van der Waals surface area contributed by atoms with Crippen molar-refractivity contribution in [2.75, 3.05) is 0 Å². The molecule has 0 spiro atoms. The molecule has 1 aromatic rings. The molecule has 0 saturated heterocycles. The second-order valence-corrected chi connectivity index (χ2v) is 4.53. The minimum absolute atomic E-state index is 0.251. The summed E-state index contributed by atoms with van der Waals surface area (Å²) in [5.41, 5.74) is -0.993. The summed E-state index contributed by atoms with van der Waals surface area (Å²) in [6, 6.07) is 2.90. The molecule has 0 heterocycles. The van der Waals surface area contributed by atoms with Crippen molar-refractivity contribution >= 4 is 35.8 Å². The van der Waals surface area contributed by atoms with Crippen LogP contribution in [0.1, 0.15) is 5.56 Å². The molecule has 0 unspecified atom stereocenters. The van der Waals surface area contributed by atoms with Gasteiger partial charge in [-0.05, 0) is 18.2 Å². The number of halogens is 5. The van der Waals surface area contributed by atoms with E-state index in [0.717, 1.165) is 18.2 Å². The van der Waals surface area contributed by atoms with Crippen LogP contribution in [0.25, 0.3) is 0 Å². The zero-order valence-corrected chi connectivity index (χ0v) is 9.42. The average molecular weight is 277 g/mol. The maximum absolute atomic E-state index is 13.2. The number of alkyl halides is 5. The summed E-state index contributed by atoms with van der Waals surface area (Å²) in [6.45, 7) is 0. The van der Waals surface area contributed by atoms with E-state index in [9.17, 15) is 18.3 Å². The van der Waals surface area contributed by atoms with Crippen LogP contribution in [-0.4, -0.2) is 9.69 Å². The topological polar surface area (TPSA) is 20.2 Å². The van der Waals surface area contributed by atoms with E-state index in [-0.39, 0.29) is 4.90 Å². The zero-order chi connectivity index (χ0) is 11.9. The molecule has 0 aromatic heterocycles. The maximum atomic E-state index is 13.2. The molecular weight excluding hydrogens is 272 g/mol. The fourth-order valence-electron chi connectivity index (χ4n) is 0.938. The first kappa shape index (κ1) is 12.8. The van der Waals surface area contributed by atoms with E-state index in [1.54, 1.807) is 0 Å². The molecule has 0 aliphatic rings. The standard InChI is InChI=1S/C8H5Cl2F3OS/c9-8(10,13)7(11,12)5-2-1-4(15)3-6(5)14/h1-3,14-15H. The predicted octanol–water partition coefficient (Wildman–Crippen LogP) is 3.87. The van der Waals surface area contributed by atoms with Crippen LogP contribution in [0.4, 0.5) is 13.2 Å². The van der Waals surface area contributed by atoms with Gasteiger partial charge < -0.3 is 5.11 Å². The minimum atomic E-state index is -4.21. The first-order valence-corrected chi connectivity index (χ1v) is 4.83. The Balaban J connectivity index is 3.28. The third-order valence-electron chi connectivity index (χ3n) is 1.68. The van der Waals surface area contributed by atoms with Gasteiger partial charge >= 0.3 is 10.5 Å². The first-order valence-electron chi connectivity index (χ1n) is 3.63. The summed E-state index contributed by atoms with van der Waals surface area (Å²) in [5.74, 6) is -5.03. The Morgan fingerprint density at radius 3 is 2.13 bits per heavy atom. The summed E-state index contributed by atoms with van der Waals surface area (Å²) >= 11 is 13.2. The quantitative estimate of drug-likeness (QED) is 0.621. The van der Waals surface area contributed by atoms with E-state index in [2.05, 4.69) is 35.8 Å². The molecule has 0 radical (unpaired) electrons. The van der Waals surface area contributed by atoms with Crippen LogP contribution < -0.4 is 0 Å². The Morgan fingerprint density at radius 2 is 1.73 bits per heavy atom. The summed E-state index contributed by atoms with van der Waals surface area (Å²) in [5, 5.41) is 9.18. The molecule has 0 amide bonds. The van der Waals surface area contributed by atoms with Crippen LogP contribution in [0.15, 0.2) is 23.1 Å². The van der Waals surface area contributed by atoms with Gasteiger partial charge in [-0.1, -0.05) is 23.2 Å². The lowest BCUT2D eigenvalue weighted by molar-refractivity contribution is -0.0666. The van der Waals surface area contributed by atoms with Gasteiger partial charge in [0.05, 0.1) is 5.56 Å². The highest BCUT2D eigenvalue weighted by molar-refractivity contribution is 7.80. The molecule has 1 aromatic carbocycles. The van der Waals surface area contributed by atoms with Crippen LogP contribution in [-0.2, 0) is 5.92 Å². The predicted molar refractivity (Wildman–Crippen MR) is 54.8 cm³/mol. The summed E-state index contributed by atoms with van der Waals surface area (Å²) in [7, 11) is 0. The minimum Gasteiger partial charge on any atom is -0.507 e. The highest BCUT2D eigenvalue weighted by Crippen LogP contribution is 2.49. The third kappa shape index (κ3) is 2.46. The maximum Gasteiger partial charge on any atom is 0.338 e. The fourth-order valence-corrected chi connectivity index (χ4v) is 1.34. The van der Waals surface area contributed by atoms with Gasteiger partial charge in [-0.2, -0.15) is 8.78 Å². The molecule has 0 fully saturated rings. The molecule has 1 N–H and O–H groups in total. The Hall–Kier alpha value is -0.260. The van der Waals surface area contributed by atoms with Crippen LogP contribution in [0, 0.1) is 0 Å². The van der Waals surface area contributed by atoms with Crippen molar-refractivity contribution in [3.8, 4) is 5.75 Å². The first-order chi connectivity index (χ1) is 6.66. The molecule has 0 atom stereocenters. The molecule has 0 bridgehead atoms. The van der Waals surface area contributed by atoms with Crippen molar-refractivity contribution in [3.05, 3.63) is 23.8 Å². The molecular formula is C8H5Cl2F3OS. The van der Waals surface area contributed by atoms with Gasteiger partial charge in [0.1, 0.15) is 5.75 Å². The fraction of sp³-hybridized carbons (Fsp3) is 0.250. The summed E-state index contributed by atoms with van der Waals surface area (Å²) < 4.78 is 35.5. The van der Waals surface area contributed by atoms with E-state index in [1.165, 1.54) is 0 Å². The van der Waals surface area contributed by atoms with Gasteiger partial charge in [0.25, 0.3) is 0 Å². The van der Waals surface area contributed by atoms with Crippen molar-refractivity contribution in [2.45, 2.75) is 15.4 Å². The molecule has 1 rings (SSSR count). The van der Waals surface area contributed by atoms with Crippen molar-refractivity contribution < 1.29 is 18.3 Å². The summed E-state index contributed by atoms with van der Waals surface area (Å²) in [4.78, 5) is 0.251. The Morgan fingerprint density at radius 1 is 1.20 bits per heavy atom. The van der Waals surface area contributed by atoms with Gasteiger partial charge in [0.15, 0.2) is 0 Å². The van der Waals surface area contributed by atoms with Crippen molar-refractivity contribution in [3.63, 3.8) is 0 Å². The van der Waals surface area contributed by atoms with Crippen LogP contribution >= 0.6 is 35.8 Å². The number of hydrogen-bond donors (Lipinski definition) is 2. The highest BCUT2D eigenvalue weighted by atomic mass is 35.5. The van der Waals surface area contributed by atoms with Crippen molar-refractivity contribution in [1.29, 1.82) is 0 Å². The molecule has 0 saturated carbocycles. The highest BCUT2D eigenvalue weighted by Gasteiger charge is 2.55. The monoisotopic (exact) mass is 276 g/mol. The number of thiol groups is 1. The molecule has 0 aliphatic heterocycles. The Labute approximate surface area is 99.2 Å². The van der Waals surface area contributed by atoms with E-state index in [4.69, 9.17) is 0 Å². The summed E-state index contributed by atoms with van der Waals surface area (Å²) in [6.07, 6.45) is 0. The van der Waals surface area contributed by atoms with E-state index in [0.29, 0.717) is 0 Å². The van der Waals surface area contributed by atoms with E-state index in [1.807, 2.05) is 0 Å². The number of phenols is 1. The molecule has 15 heavy (non-hydrogen) atoms. The number of hydrogen-bond acceptors (Lipinski definition) is 2. The Bertz CT molecular complexity index is 379. The van der Waals surface area contributed by atoms with Gasteiger partial charge in [0.2, 0.25) is 0 Å². The molecule has 7 heteroatoms. The smallest absolute Gasteiger partial charge is 0.338 e. The Kier molecular flexibility index (Phi) is 3.38. The van der Waals surface area contributed by atoms with E-state index >= 15 is 0 Å². The molecule has 1 nitrogen and oxygen atoms in total. The number of phenolic OH excluding ortho intramolecular Hbond substituents is 1. The lowest BCUT2D eigenvalue weighted by Gasteiger charge is -2.23. The van der Waals surface area contributed by atoms with Gasteiger partial charge in [-0.25, -0.2) is 4.39 Å². The lowest BCUT2D eigenvalue weighted by atomic mass is 10.1. The van der Waals surface area contributed by atoms with Gasteiger partial charge in [0, 0.05) is 4.90 Å². The van der Waals surface area contributed by atoms with Gasteiger partial charge in [-0.3, -0.25) is 0 Å². The normalized spacial score (nSPS) is 12.9. The zero-order valence-electron chi connectivity index (χ0n) is 7.02. The number of aromatic hydroxyl groups is 1. The molecule has 0 aliphatic carbocycles. The van der Waals surface area contributed by atoms with Crippen LogP contribution in [0.5, 0.6) is 5.75 Å².